The molecule has 2 aromatic heterocycles. The fraction of sp³-hybridized carbons (Fsp3) is 0.353. The number of amides is 1. The predicted molar refractivity (Wildman–Crippen MR) is 92.5 cm³/mol. The third-order valence-electron chi connectivity index (χ3n) is 4.44. The molecule has 4 rings (SSSR count). The first-order valence-electron chi connectivity index (χ1n) is 8.32. The van der Waals surface area contributed by atoms with Gasteiger partial charge in [0.2, 0.25) is 5.82 Å². The van der Waals surface area contributed by atoms with E-state index in [-0.39, 0.29) is 17.8 Å². The van der Waals surface area contributed by atoms with Crippen LogP contribution in [0.3, 0.4) is 0 Å². The van der Waals surface area contributed by atoms with Gasteiger partial charge in [-0.1, -0.05) is 30.3 Å². The van der Waals surface area contributed by atoms with Crippen molar-refractivity contribution in [3.63, 3.8) is 0 Å². The second-order valence-corrected chi connectivity index (χ2v) is 6.26. The van der Waals surface area contributed by atoms with Gasteiger partial charge in [0, 0.05) is 19.2 Å². The number of rotatable bonds is 3. The number of nitrogens with zero attached hydrogens (tertiary/aromatic N) is 7. The molecule has 0 radical (unpaired) electrons. The van der Waals surface area contributed by atoms with Gasteiger partial charge in [0.25, 0.3) is 5.91 Å². The molecule has 0 aliphatic carbocycles. The molecule has 1 amide bonds. The summed E-state index contributed by atoms with van der Waals surface area (Å²) in [6.45, 7) is 2.94. The van der Waals surface area contributed by atoms with Crippen molar-refractivity contribution in [3.8, 4) is 17.4 Å². The summed E-state index contributed by atoms with van der Waals surface area (Å²) in [7, 11) is 3.18. The monoisotopic (exact) mass is 353 g/mol. The Bertz CT molecular complexity index is 947. The van der Waals surface area contributed by atoms with Gasteiger partial charge >= 0.3 is 6.01 Å². The van der Waals surface area contributed by atoms with Crippen LogP contribution in [0, 0.1) is 0 Å². The predicted octanol–water partition coefficient (Wildman–Crippen LogP) is 1.30. The van der Waals surface area contributed by atoms with Crippen molar-refractivity contribution in [1.82, 2.24) is 34.4 Å². The van der Waals surface area contributed by atoms with Crippen LogP contribution in [-0.4, -0.2) is 54.0 Å². The molecule has 9 heteroatoms. The fourth-order valence-corrected chi connectivity index (χ4v) is 3.25. The lowest BCUT2D eigenvalue weighted by molar-refractivity contribution is 0.0669. The standard InChI is InChI=1S/C17H19N7O2/c1-11-9-23(16(25)14-18-17(26-3)22(2)21-14)10-13-19-20-15(24(11)13)12-7-5-4-6-8-12/h4-8,11H,9-10H2,1-3H3/t11-/m0/s1. The highest BCUT2D eigenvalue weighted by Gasteiger charge is 2.32. The molecular formula is C17H19N7O2. The summed E-state index contributed by atoms with van der Waals surface area (Å²) < 4.78 is 8.61. The van der Waals surface area contributed by atoms with Crippen LogP contribution in [-0.2, 0) is 13.6 Å². The fourth-order valence-electron chi connectivity index (χ4n) is 3.25. The minimum absolute atomic E-state index is 0.0403. The highest BCUT2D eigenvalue weighted by atomic mass is 16.5. The molecule has 1 atom stereocenters. The Kier molecular flexibility index (Phi) is 3.90. The molecule has 1 aromatic carbocycles. The summed E-state index contributed by atoms with van der Waals surface area (Å²) in [6, 6.07) is 10.3. The molecule has 0 fully saturated rings. The van der Waals surface area contributed by atoms with Crippen molar-refractivity contribution in [2.75, 3.05) is 13.7 Å². The van der Waals surface area contributed by atoms with Crippen LogP contribution in [0.1, 0.15) is 29.4 Å². The molecule has 0 saturated carbocycles. The lowest BCUT2D eigenvalue weighted by Gasteiger charge is -2.31. The van der Waals surface area contributed by atoms with Crippen LogP contribution >= 0.6 is 0 Å². The average molecular weight is 353 g/mol. The number of hydrogen-bond acceptors (Lipinski definition) is 6. The Morgan fingerprint density at radius 2 is 2.00 bits per heavy atom. The van der Waals surface area contributed by atoms with Gasteiger partial charge in [-0.15, -0.1) is 15.3 Å². The zero-order valence-corrected chi connectivity index (χ0v) is 14.8. The van der Waals surface area contributed by atoms with Crippen LogP contribution in [0.25, 0.3) is 11.4 Å². The molecule has 0 saturated heterocycles. The lowest BCUT2D eigenvalue weighted by Crippen LogP contribution is -2.41. The van der Waals surface area contributed by atoms with Crippen LogP contribution in [0.4, 0.5) is 0 Å². The molecule has 9 nitrogen and oxygen atoms in total. The van der Waals surface area contributed by atoms with E-state index in [1.54, 1.807) is 11.9 Å². The van der Waals surface area contributed by atoms with E-state index < -0.39 is 0 Å². The van der Waals surface area contributed by atoms with E-state index >= 15 is 0 Å². The van der Waals surface area contributed by atoms with E-state index in [4.69, 9.17) is 4.74 Å². The van der Waals surface area contributed by atoms with Crippen LogP contribution in [0.15, 0.2) is 30.3 Å². The molecule has 3 heterocycles. The highest BCUT2D eigenvalue weighted by Crippen LogP contribution is 2.27. The average Bonchev–Trinajstić information content (AvgIpc) is 3.25. The van der Waals surface area contributed by atoms with Gasteiger partial charge in [-0.2, -0.15) is 4.98 Å². The van der Waals surface area contributed by atoms with Crippen molar-refractivity contribution in [2.45, 2.75) is 19.5 Å². The summed E-state index contributed by atoms with van der Waals surface area (Å²) in [5, 5.41) is 12.8. The molecule has 3 aromatic rings. The Balaban J connectivity index is 1.62. The van der Waals surface area contributed by atoms with Crippen molar-refractivity contribution in [3.05, 3.63) is 42.0 Å². The summed E-state index contributed by atoms with van der Waals surface area (Å²) >= 11 is 0. The van der Waals surface area contributed by atoms with E-state index in [2.05, 4.69) is 24.8 Å². The van der Waals surface area contributed by atoms with Gasteiger partial charge in [-0.25, -0.2) is 4.68 Å². The second kappa shape index (κ2) is 6.25. The molecule has 0 spiro atoms. The number of aromatic nitrogens is 6. The number of methoxy groups -OCH3 is 1. The molecule has 134 valence electrons. The second-order valence-electron chi connectivity index (χ2n) is 6.26. The maximum atomic E-state index is 12.8. The Morgan fingerprint density at radius 3 is 2.69 bits per heavy atom. The van der Waals surface area contributed by atoms with Gasteiger partial charge in [-0.05, 0) is 6.92 Å². The molecular weight excluding hydrogens is 334 g/mol. The molecule has 1 aliphatic heterocycles. The first kappa shape index (κ1) is 16.2. The minimum atomic E-state index is -0.244. The Hall–Kier alpha value is -3.23. The number of ether oxygens (including phenoxy) is 1. The first-order chi connectivity index (χ1) is 12.6. The molecule has 26 heavy (non-hydrogen) atoms. The van der Waals surface area contributed by atoms with Crippen molar-refractivity contribution in [2.24, 2.45) is 7.05 Å². The number of carbonyl (C=O) groups excluding carboxylic acids is 1. The molecule has 0 N–H and O–H groups in total. The van der Waals surface area contributed by atoms with Crippen molar-refractivity contribution in [1.29, 1.82) is 0 Å². The maximum absolute atomic E-state index is 12.8. The Labute approximate surface area is 150 Å². The van der Waals surface area contributed by atoms with Crippen LogP contribution in [0.2, 0.25) is 0 Å². The smallest absolute Gasteiger partial charge is 0.314 e. The summed E-state index contributed by atoms with van der Waals surface area (Å²) in [5.74, 6) is 1.44. The summed E-state index contributed by atoms with van der Waals surface area (Å²) in [6.07, 6.45) is 0. The number of aryl methyl sites for hydroxylation is 1. The van der Waals surface area contributed by atoms with Crippen LogP contribution in [0.5, 0.6) is 6.01 Å². The van der Waals surface area contributed by atoms with E-state index in [1.165, 1.54) is 11.8 Å². The van der Waals surface area contributed by atoms with Crippen LogP contribution < -0.4 is 4.74 Å². The quantitative estimate of drug-likeness (QED) is 0.705. The number of fused-ring (bicyclic) bond motifs is 1. The van der Waals surface area contributed by atoms with Gasteiger partial charge in [0.1, 0.15) is 0 Å². The SMILES string of the molecule is COc1nc(C(=O)N2Cc3nnc(-c4ccccc4)n3[C@@H](C)C2)nn1C. The van der Waals surface area contributed by atoms with E-state index in [0.717, 1.165) is 17.2 Å². The van der Waals surface area contributed by atoms with E-state index in [9.17, 15) is 4.79 Å². The zero-order chi connectivity index (χ0) is 18.3. The van der Waals surface area contributed by atoms with Gasteiger partial charge in [0.05, 0.1) is 19.7 Å². The number of benzene rings is 1. The minimum Gasteiger partial charge on any atom is -0.467 e. The third-order valence-corrected chi connectivity index (χ3v) is 4.44. The summed E-state index contributed by atoms with van der Waals surface area (Å²) in [5.41, 5.74) is 1.01. The zero-order valence-electron chi connectivity index (χ0n) is 14.8. The largest absolute Gasteiger partial charge is 0.467 e. The van der Waals surface area contributed by atoms with E-state index in [0.29, 0.717) is 19.1 Å². The third kappa shape index (κ3) is 2.61. The highest BCUT2D eigenvalue weighted by molar-refractivity contribution is 5.90. The molecule has 1 aliphatic rings. The number of hydrogen-bond donors (Lipinski definition) is 0. The number of carbonyl (C=O) groups is 1. The van der Waals surface area contributed by atoms with Gasteiger partial charge < -0.3 is 14.2 Å². The maximum Gasteiger partial charge on any atom is 0.314 e. The topological polar surface area (TPSA) is 91.0 Å². The molecule has 0 unspecified atom stereocenters. The Morgan fingerprint density at radius 1 is 1.23 bits per heavy atom. The van der Waals surface area contributed by atoms with Crippen molar-refractivity contribution >= 4 is 5.91 Å². The summed E-state index contributed by atoms with van der Waals surface area (Å²) in [4.78, 5) is 18.6. The first-order valence-corrected chi connectivity index (χ1v) is 8.32. The molecule has 0 bridgehead atoms. The normalized spacial score (nSPS) is 16.4. The van der Waals surface area contributed by atoms with Crippen molar-refractivity contribution < 1.29 is 9.53 Å². The van der Waals surface area contributed by atoms with Gasteiger partial charge in [0.15, 0.2) is 11.6 Å². The lowest BCUT2D eigenvalue weighted by atomic mass is 10.1. The van der Waals surface area contributed by atoms with E-state index in [1.807, 2.05) is 37.3 Å². The van der Waals surface area contributed by atoms with Gasteiger partial charge in [-0.3, -0.25) is 4.79 Å².